The summed E-state index contributed by atoms with van der Waals surface area (Å²) in [7, 11) is 1.50. The van der Waals surface area contributed by atoms with Crippen LogP contribution in [0.4, 0.5) is 10.7 Å². The molecule has 0 aliphatic carbocycles. The van der Waals surface area contributed by atoms with Gasteiger partial charge < -0.3 is 19.7 Å². The minimum atomic E-state index is -0.690. The number of thiophene rings is 1. The summed E-state index contributed by atoms with van der Waals surface area (Å²) in [6, 6.07) is 14.2. The summed E-state index contributed by atoms with van der Waals surface area (Å²) in [5.74, 6) is -1.33. The SMILES string of the molecule is CCOC(=O)c1nn(-c2cccc(OC)c2)c(=O)c2c(NC(=O)C3CC(=O)N(c4ccc(C)cc4)C3)scc12. The molecule has 4 aromatic rings. The van der Waals surface area contributed by atoms with Gasteiger partial charge in [0.15, 0.2) is 5.69 Å². The van der Waals surface area contributed by atoms with Gasteiger partial charge in [-0.3, -0.25) is 14.4 Å². The lowest BCUT2D eigenvalue weighted by atomic mass is 10.1. The molecule has 1 N–H and O–H groups in total. The Labute approximate surface area is 227 Å². The number of anilines is 2. The quantitative estimate of drug-likeness (QED) is 0.349. The molecule has 1 unspecified atom stereocenters. The molecule has 2 aromatic heterocycles. The highest BCUT2D eigenvalue weighted by atomic mass is 32.1. The number of hydrogen-bond acceptors (Lipinski definition) is 8. The number of hydrogen-bond donors (Lipinski definition) is 1. The smallest absolute Gasteiger partial charge is 0.359 e. The van der Waals surface area contributed by atoms with E-state index in [9.17, 15) is 19.2 Å². The fraction of sp³-hybridized carbons (Fsp3) is 0.250. The first kappa shape index (κ1) is 26.1. The Morgan fingerprint density at radius 1 is 1.13 bits per heavy atom. The highest BCUT2D eigenvalue weighted by Gasteiger charge is 2.36. The molecule has 3 heterocycles. The Kier molecular flexibility index (Phi) is 7.16. The van der Waals surface area contributed by atoms with Crippen molar-refractivity contribution in [1.29, 1.82) is 0 Å². The Hall–Kier alpha value is -4.51. The fourth-order valence-electron chi connectivity index (χ4n) is 4.48. The largest absolute Gasteiger partial charge is 0.497 e. The third-order valence-electron chi connectivity index (χ3n) is 6.50. The molecular weight excluding hydrogens is 520 g/mol. The van der Waals surface area contributed by atoms with Crippen molar-refractivity contribution in [3.8, 4) is 11.4 Å². The van der Waals surface area contributed by atoms with Crippen molar-refractivity contribution >= 4 is 50.6 Å². The molecule has 2 aromatic carbocycles. The van der Waals surface area contributed by atoms with Crippen LogP contribution in [0.15, 0.2) is 58.7 Å². The molecule has 0 bridgehead atoms. The van der Waals surface area contributed by atoms with E-state index in [1.54, 1.807) is 41.5 Å². The van der Waals surface area contributed by atoms with Crippen LogP contribution in [0.2, 0.25) is 0 Å². The average molecular weight is 547 g/mol. The van der Waals surface area contributed by atoms with Crippen LogP contribution in [0.1, 0.15) is 29.4 Å². The Morgan fingerprint density at radius 2 is 1.90 bits per heavy atom. The van der Waals surface area contributed by atoms with Crippen molar-refractivity contribution in [2.45, 2.75) is 20.3 Å². The number of carbonyl (C=O) groups is 3. The number of rotatable bonds is 7. The number of benzene rings is 2. The van der Waals surface area contributed by atoms with Gasteiger partial charge in [0.2, 0.25) is 11.8 Å². The molecule has 1 aliphatic heterocycles. The minimum absolute atomic E-state index is 0.0483. The molecule has 1 atom stereocenters. The van der Waals surface area contributed by atoms with E-state index in [1.165, 1.54) is 7.11 Å². The van der Waals surface area contributed by atoms with Gasteiger partial charge in [-0.15, -0.1) is 11.3 Å². The van der Waals surface area contributed by atoms with Crippen molar-refractivity contribution < 1.29 is 23.9 Å². The molecule has 0 spiro atoms. The van der Waals surface area contributed by atoms with Crippen LogP contribution >= 0.6 is 11.3 Å². The van der Waals surface area contributed by atoms with Crippen molar-refractivity contribution in [1.82, 2.24) is 9.78 Å². The normalized spacial score (nSPS) is 15.0. The van der Waals surface area contributed by atoms with Gasteiger partial charge >= 0.3 is 5.97 Å². The lowest BCUT2D eigenvalue weighted by molar-refractivity contribution is -0.122. The maximum Gasteiger partial charge on any atom is 0.359 e. The van der Waals surface area contributed by atoms with E-state index in [1.807, 2.05) is 31.2 Å². The van der Waals surface area contributed by atoms with Gasteiger partial charge in [-0.25, -0.2) is 4.79 Å². The van der Waals surface area contributed by atoms with Crippen LogP contribution in [0, 0.1) is 12.8 Å². The first-order valence-corrected chi connectivity index (χ1v) is 13.2. The summed E-state index contributed by atoms with van der Waals surface area (Å²) < 4.78 is 11.6. The van der Waals surface area contributed by atoms with Gasteiger partial charge in [-0.05, 0) is 38.1 Å². The van der Waals surface area contributed by atoms with Crippen molar-refractivity contribution in [3.63, 3.8) is 0 Å². The number of aromatic nitrogens is 2. The maximum absolute atomic E-state index is 13.7. The molecule has 39 heavy (non-hydrogen) atoms. The van der Waals surface area contributed by atoms with Crippen LogP contribution in [0.5, 0.6) is 5.75 Å². The number of nitrogens with one attached hydrogen (secondary N) is 1. The lowest BCUT2D eigenvalue weighted by Gasteiger charge is -2.17. The van der Waals surface area contributed by atoms with E-state index in [0.29, 0.717) is 11.4 Å². The number of nitrogens with zero attached hydrogens (tertiary/aromatic N) is 3. The lowest BCUT2D eigenvalue weighted by Crippen LogP contribution is -2.29. The molecule has 200 valence electrons. The topological polar surface area (TPSA) is 120 Å². The summed E-state index contributed by atoms with van der Waals surface area (Å²) in [5, 5.41) is 9.42. The Morgan fingerprint density at radius 3 is 2.62 bits per heavy atom. The van der Waals surface area contributed by atoms with Crippen LogP contribution in [-0.4, -0.2) is 47.8 Å². The van der Waals surface area contributed by atoms with Gasteiger partial charge in [-0.2, -0.15) is 9.78 Å². The fourth-order valence-corrected chi connectivity index (χ4v) is 5.42. The van der Waals surface area contributed by atoms with Crippen LogP contribution in [-0.2, 0) is 14.3 Å². The average Bonchev–Trinajstić information content (AvgIpc) is 3.53. The number of amides is 2. The van der Waals surface area contributed by atoms with E-state index < -0.39 is 17.4 Å². The second-order valence-corrected chi connectivity index (χ2v) is 9.95. The third kappa shape index (κ3) is 5.00. The molecule has 1 saturated heterocycles. The van der Waals surface area contributed by atoms with Gasteiger partial charge in [0.05, 0.1) is 30.7 Å². The molecule has 5 rings (SSSR count). The standard InChI is InChI=1S/C28H26N4O6S/c1-4-38-28(36)24-21-15-39-26(23(21)27(35)32(30-24)19-6-5-7-20(13-19)37-3)29-25(34)17-12-22(33)31(14-17)18-10-8-16(2)9-11-18/h5-11,13,15,17H,4,12,14H2,1-3H3,(H,29,34). The number of esters is 1. The first-order valence-electron chi connectivity index (χ1n) is 12.3. The Balaban J connectivity index is 1.51. The van der Waals surface area contributed by atoms with Crippen LogP contribution in [0.3, 0.4) is 0 Å². The highest BCUT2D eigenvalue weighted by molar-refractivity contribution is 7.16. The van der Waals surface area contributed by atoms with E-state index in [4.69, 9.17) is 9.47 Å². The van der Waals surface area contributed by atoms with E-state index >= 15 is 0 Å². The molecule has 2 amide bonds. The highest BCUT2D eigenvalue weighted by Crippen LogP contribution is 2.33. The second kappa shape index (κ2) is 10.7. The zero-order valence-electron chi connectivity index (χ0n) is 21.6. The Bertz CT molecular complexity index is 1640. The molecule has 1 aliphatic rings. The molecule has 1 fully saturated rings. The van der Waals surface area contributed by atoms with Gasteiger partial charge in [0.25, 0.3) is 5.56 Å². The summed E-state index contributed by atoms with van der Waals surface area (Å²) in [4.78, 5) is 54.0. The summed E-state index contributed by atoms with van der Waals surface area (Å²) in [5.41, 5.74) is 1.61. The number of aryl methyl sites for hydroxylation is 1. The molecular formula is C28H26N4O6S. The van der Waals surface area contributed by atoms with E-state index in [0.717, 1.165) is 27.3 Å². The molecule has 10 nitrogen and oxygen atoms in total. The first-order chi connectivity index (χ1) is 18.8. The van der Waals surface area contributed by atoms with Gasteiger partial charge in [0, 0.05) is 35.5 Å². The summed E-state index contributed by atoms with van der Waals surface area (Å²) in [6.45, 7) is 3.99. The zero-order chi connectivity index (χ0) is 27.7. The van der Waals surface area contributed by atoms with Crippen molar-refractivity contribution in [2.24, 2.45) is 5.92 Å². The maximum atomic E-state index is 13.7. The number of methoxy groups -OCH3 is 1. The van der Waals surface area contributed by atoms with Crippen molar-refractivity contribution in [3.05, 3.63) is 75.5 Å². The van der Waals surface area contributed by atoms with Gasteiger partial charge in [0.1, 0.15) is 10.8 Å². The summed E-state index contributed by atoms with van der Waals surface area (Å²) >= 11 is 1.11. The number of ether oxygens (including phenoxy) is 2. The van der Waals surface area contributed by atoms with Crippen LogP contribution in [0.25, 0.3) is 16.5 Å². The predicted molar refractivity (Wildman–Crippen MR) is 148 cm³/mol. The summed E-state index contributed by atoms with van der Waals surface area (Å²) in [6.07, 6.45) is 0.0483. The molecule has 11 heteroatoms. The second-order valence-electron chi connectivity index (χ2n) is 9.07. The third-order valence-corrected chi connectivity index (χ3v) is 7.39. The van der Waals surface area contributed by atoms with Gasteiger partial charge in [-0.1, -0.05) is 23.8 Å². The van der Waals surface area contributed by atoms with E-state index in [-0.39, 0.29) is 52.9 Å². The molecule has 0 saturated carbocycles. The predicted octanol–water partition coefficient (Wildman–Crippen LogP) is 3.93. The minimum Gasteiger partial charge on any atom is -0.497 e. The van der Waals surface area contributed by atoms with E-state index in [2.05, 4.69) is 10.4 Å². The van der Waals surface area contributed by atoms with Crippen molar-refractivity contribution in [2.75, 3.05) is 30.5 Å². The number of fused-ring (bicyclic) bond motifs is 1. The monoisotopic (exact) mass is 546 g/mol. The molecule has 0 radical (unpaired) electrons. The zero-order valence-corrected chi connectivity index (χ0v) is 22.4. The number of carbonyl (C=O) groups excluding carboxylic acids is 3. The van der Waals surface area contributed by atoms with Crippen LogP contribution < -0.4 is 20.5 Å².